The minimum Gasteiger partial charge on any atom is -0.481 e. The zero-order valence-corrected chi connectivity index (χ0v) is 18.8. The first kappa shape index (κ1) is 21.6. The van der Waals surface area contributed by atoms with Crippen molar-refractivity contribution in [3.05, 3.63) is 95.2 Å². The van der Waals surface area contributed by atoms with Crippen LogP contribution in [-0.4, -0.2) is 30.1 Å². The summed E-state index contributed by atoms with van der Waals surface area (Å²) in [5.74, 6) is 2.09. The second-order valence-electron chi connectivity index (χ2n) is 8.76. The standard InChI is InChI=1S/C28H34N2O/c1-22(27-13-7-6-11-25(27)15-14-23-9-4-3-5-10-23)24-16-19-30(20-17-24)21-26-12-8-18-29-28(26)31-2/h3-13,18,22,24H,14-17,19-21H2,1-2H3. The maximum Gasteiger partial charge on any atom is 0.217 e. The Hall–Kier alpha value is -2.65. The molecular formula is C28H34N2O. The number of hydrogen-bond acceptors (Lipinski definition) is 3. The number of aromatic nitrogens is 1. The summed E-state index contributed by atoms with van der Waals surface area (Å²) in [4.78, 5) is 6.89. The van der Waals surface area contributed by atoms with Crippen LogP contribution in [0.3, 0.4) is 0 Å². The summed E-state index contributed by atoms with van der Waals surface area (Å²) in [7, 11) is 1.70. The Morgan fingerprint density at radius 3 is 2.39 bits per heavy atom. The van der Waals surface area contributed by atoms with E-state index in [-0.39, 0.29) is 0 Å². The number of hydrogen-bond donors (Lipinski definition) is 0. The highest BCUT2D eigenvalue weighted by Crippen LogP contribution is 2.35. The highest BCUT2D eigenvalue weighted by Gasteiger charge is 2.26. The SMILES string of the molecule is COc1ncccc1CN1CCC(C(C)c2ccccc2CCc2ccccc2)CC1. The molecule has 1 atom stereocenters. The number of ether oxygens (including phenoxy) is 1. The zero-order chi connectivity index (χ0) is 21.5. The molecule has 0 spiro atoms. The Balaban J connectivity index is 1.36. The van der Waals surface area contributed by atoms with Gasteiger partial charge in [0, 0.05) is 18.3 Å². The maximum absolute atomic E-state index is 5.43. The van der Waals surface area contributed by atoms with Gasteiger partial charge in [0.15, 0.2) is 0 Å². The van der Waals surface area contributed by atoms with Crippen LogP contribution in [0, 0.1) is 5.92 Å². The van der Waals surface area contributed by atoms with E-state index < -0.39 is 0 Å². The van der Waals surface area contributed by atoms with Gasteiger partial charge in [0.2, 0.25) is 5.88 Å². The molecule has 0 radical (unpaired) electrons. The van der Waals surface area contributed by atoms with Crippen molar-refractivity contribution in [3.8, 4) is 5.88 Å². The van der Waals surface area contributed by atoms with Gasteiger partial charge in [-0.2, -0.15) is 0 Å². The van der Waals surface area contributed by atoms with E-state index in [0.717, 1.165) is 44.3 Å². The molecule has 0 amide bonds. The van der Waals surface area contributed by atoms with Crippen molar-refractivity contribution in [2.24, 2.45) is 5.92 Å². The summed E-state index contributed by atoms with van der Waals surface area (Å²) in [6.07, 6.45) is 6.51. The first-order valence-corrected chi connectivity index (χ1v) is 11.6. The van der Waals surface area contributed by atoms with Gasteiger partial charge < -0.3 is 4.74 Å². The summed E-state index contributed by atoms with van der Waals surface area (Å²) in [6, 6.07) is 24.1. The first-order valence-electron chi connectivity index (χ1n) is 11.6. The fraction of sp³-hybridized carbons (Fsp3) is 0.393. The molecule has 3 heteroatoms. The fourth-order valence-corrected chi connectivity index (χ4v) is 4.96. The molecule has 2 heterocycles. The van der Waals surface area contributed by atoms with Crippen LogP contribution in [0.2, 0.25) is 0 Å². The Morgan fingerprint density at radius 2 is 1.61 bits per heavy atom. The molecule has 0 N–H and O–H groups in total. The normalized spacial score (nSPS) is 16.2. The third-order valence-corrected chi connectivity index (χ3v) is 6.85. The average Bonchev–Trinajstić information content (AvgIpc) is 2.84. The smallest absolute Gasteiger partial charge is 0.217 e. The molecule has 0 bridgehead atoms. The van der Waals surface area contributed by atoms with Gasteiger partial charge in [0.1, 0.15) is 0 Å². The van der Waals surface area contributed by atoms with Gasteiger partial charge in [-0.25, -0.2) is 4.98 Å². The molecule has 1 aromatic heterocycles. The number of likely N-dealkylation sites (tertiary alicyclic amines) is 1. The minimum atomic E-state index is 0.599. The van der Waals surface area contributed by atoms with E-state index in [4.69, 9.17) is 4.74 Å². The zero-order valence-electron chi connectivity index (χ0n) is 18.8. The molecule has 0 aliphatic carbocycles. The van der Waals surface area contributed by atoms with Crippen molar-refractivity contribution in [3.63, 3.8) is 0 Å². The largest absolute Gasteiger partial charge is 0.481 e. The number of rotatable bonds is 8. The predicted octanol–water partition coefficient (Wildman–Crippen LogP) is 5.89. The van der Waals surface area contributed by atoms with Crippen LogP contribution in [0.1, 0.15) is 47.9 Å². The fourth-order valence-electron chi connectivity index (χ4n) is 4.96. The monoisotopic (exact) mass is 414 g/mol. The summed E-state index contributed by atoms with van der Waals surface area (Å²) >= 11 is 0. The molecule has 1 fully saturated rings. The van der Waals surface area contributed by atoms with Crippen LogP contribution in [0.25, 0.3) is 0 Å². The van der Waals surface area contributed by atoms with E-state index in [9.17, 15) is 0 Å². The lowest BCUT2D eigenvalue weighted by molar-refractivity contribution is 0.163. The van der Waals surface area contributed by atoms with E-state index in [1.54, 1.807) is 18.9 Å². The van der Waals surface area contributed by atoms with Crippen molar-refractivity contribution >= 4 is 0 Å². The molecule has 162 valence electrons. The lowest BCUT2D eigenvalue weighted by Crippen LogP contribution is -2.35. The van der Waals surface area contributed by atoms with Crippen molar-refractivity contribution in [1.82, 2.24) is 9.88 Å². The number of piperidine rings is 1. The summed E-state index contributed by atoms with van der Waals surface area (Å²) < 4.78 is 5.43. The van der Waals surface area contributed by atoms with Crippen molar-refractivity contribution in [1.29, 1.82) is 0 Å². The predicted molar refractivity (Wildman–Crippen MR) is 127 cm³/mol. The average molecular weight is 415 g/mol. The number of nitrogens with zero attached hydrogens (tertiary/aromatic N) is 2. The molecule has 1 aliphatic heterocycles. The highest BCUT2D eigenvalue weighted by atomic mass is 16.5. The molecule has 0 saturated carbocycles. The minimum absolute atomic E-state index is 0.599. The summed E-state index contributed by atoms with van der Waals surface area (Å²) in [5, 5.41) is 0. The highest BCUT2D eigenvalue weighted by molar-refractivity contribution is 5.32. The molecular weight excluding hydrogens is 380 g/mol. The molecule has 4 rings (SSSR count). The Kier molecular flexibility index (Phi) is 7.37. The van der Waals surface area contributed by atoms with Gasteiger partial charge in [0.25, 0.3) is 0 Å². The number of methoxy groups -OCH3 is 1. The lowest BCUT2D eigenvalue weighted by atomic mass is 9.79. The summed E-state index contributed by atoms with van der Waals surface area (Å²) in [6.45, 7) is 5.63. The van der Waals surface area contributed by atoms with Crippen LogP contribution >= 0.6 is 0 Å². The van der Waals surface area contributed by atoms with E-state index >= 15 is 0 Å². The van der Waals surface area contributed by atoms with E-state index in [0.29, 0.717) is 5.92 Å². The van der Waals surface area contributed by atoms with Crippen LogP contribution in [-0.2, 0) is 19.4 Å². The van der Waals surface area contributed by atoms with Gasteiger partial charge in [-0.1, -0.05) is 67.6 Å². The second-order valence-corrected chi connectivity index (χ2v) is 8.76. The Morgan fingerprint density at radius 1 is 0.903 bits per heavy atom. The second kappa shape index (κ2) is 10.6. The van der Waals surface area contributed by atoms with Crippen molar-refractivity contribution in [2.75, 3.05) is 20.2 Å². The molecule has 3 aromatic rings. The molecule has 1 aliphatic rings. The van der Waals surface area contributed by atoms with Gasteiger partial charge in [0.05, 0.1) is 7.11 Å². The van der Waals surface area contributed by atoms with Crippen LogP contribution in [0.15, 0.2) is 72.9 Å². The maximum atomic E-state index is 5.43. The van der Waals surface area contributed by atoms with Gasteiger partial charge in [-0.3, -0.25) is 4.90 Å². The van der Waals surface area contributed by atoms with Crippen LogP contribution in [0.5, 0.6) is 5.88 Å². The Bertz CT molecular complexity index is 948. The van der Waals surface area contributed by atoms with Crippen LogP contribution in [0.4, 0.5) is 0 Å². The van der Waals surface area contributed by atoms with Gasteiger partial charge in [-0.05, 0) is 73.4 Å². The quantitative estimate of drug-likeness (QED) is 0.459. The van der Waals surface area contributed by atoms with E-state index in [1.807, 2.05) is 6.07 Å². The molecule has 1 saturated heterocycles. The van der Waals surface area contributed by atoms with E-state index in [1.165, 1.54) is 29.5 Å². The Labute approximate surface area is 187 Å². The van der Waals surface area contributed by atoms with Crippen LogP contribution < -0.4 is 4.74 Å². The van der Waals surface area contributed by atoms with Crippen molar-refractivity contribution < 1.29 is 4.74 Å². The number of benzene rings is 2. The van der Waals surface area contributed by atoms with Crippen molar-refractivity contribution in [2.45, 2.75) is 45.1 Å². The lowest BCUT2D eigenvalue weighted by Gasteiger charge is -2.35. The first-order chi connectivity index (χ1) is 15.2. The number of pyridine rings is 1. The topological polar surface area (TPSA) is 25.4 Å². The van der Waals surface area contributed by atoms with E-state index in [2.05, 4.69) is 77.5 Å². The molecule has 3 nitrogen and oxygen atoms in total. The third kappa shape index (κ3) is 5.54. The third-order valence-electron chi connectivity index (χ3n) is 6.85. The summed E-state index contributed by atoms with van der Waals surface area (Å²) in [5.41, 5.74) is 5.67. The number of aryl methyl sites for hydroxylation is 2. The van der Waals surface area contributed by atoms with Gasteiger partial charge in [-0.15, -0.1) is 0 Å². The molecule has 2 aromatic carbocycles. The van der Waals surface area contributed by atoms with Gasteiger partial charge >= 0.3 is 0 Å². The molecule has 31 heavy (non-hydrogen) atoms. The molecule has 1 unspecified atom stereocenters.